The van der Waals surface area contributed by atoms with Gasteiger partial charge in [-0.2, -0.15) is 0 Å². The molecule has 3 heteroatoms. The third kappa shape index (κ3) is 4.45. The topological polar surface area (TPSA) is 46.5 Å². The van der Waals surface area contributed by atoms with Crippen LogP contribution in [-0.4, -0.2) is 23.8 Å². The zero-order valence-electron chi connectivity index (χ0n) is 18.1. The Bertz CT molecular complexity index is 657. The van der Waals surface area contributed by atoms with Gasteiger partial charge in [0.1, 0.15) is 0 Å². The Morgan fingerprint density at radius 2 is 2.04 bits per heavy atom. The standard InChI is InChI=1S/C25H38O3/c1-18(10-13-23(26)28-4)21-11-12-22-20-9-5-6-15-24(2,27)16-7-8-19(20)14-17-25(21,22)3/h5-6,10-11,13,18-20,22,27H,7-9,12,14-17H2,1-4H3. The van der Waals surface area contributed by atoms with Crippen molar-refractivity contribution in [1.29, 1.82) is 0 Å². The van der Waals surface area contributed by atoms with E-state index in [9.17, 15) is 9.90 Å². The first kappa shape index (κ1) is 21.4. The van der Waals surface area contributed by atoms with Crippen molar-refractivity contribution in [3.05, 3.63) is 36.0 Å². The van der Waals surface area contributed by atoms with Gasteiger partial charge in [0.05, 0.1) is 12.7 Å². The Morgan fingerprint density at radius 3 is 2.79 bits per heavy atom. The van der Waals surface area contributed by atoms with Crippen LogP contribution in [0.15, 0.2) is 36.0 Å². The van der Waals surface area contributed by atoms with E-state index in [-0.39, 0.29) is 17.3 Å². The van der Waals surface area contributed by atoms with E-state index in [2.05, 4.69) is 32.1 Å². The monoisotopic (exact) mass is 386 g/mol. The van der Waals surface area contributed by atoms with E-state index in [4.69, 9.17) is 4.74 Å². The summed E-state index contributed by atoms with van der Waals surface area (Å²) in [5, 5.41) is 10.5. The molecule has 0 aromatic carbocycles. The van der Waals surface area contributed by atoms with Gasteiger partial charge in [0.2, 0.25) is 0 Å². The molecule has 0 aromatic heterocycles. The molecular weight excluding hydrogens is 348 g/mol. The van der Waals surface area contributed by atoms with Gasteiger partial charge in [-0.1, -0.05) is 56.6 Å². The van der Waals surface area contributed by atoms with Crippen LogP contribution in [0.5, 0.6) is 0 Å². The molecule has 0 spiro atoms. The van der Waals surface area contributed by atoms with Gasteiger partial charge >= 0.3 is 5.97 Å². The summed E-state index contributed by atoms with van der Waals surface area (Å²) in [6.07, 6.45) is 19.4. The Morgan fingerprint density at radius 1 is 1.25 bits per heavy atom. The molecule has 1 saturated carbocycles. The van der Waals surface area contributed by atoms with Crippen molar-refractivity contribution < 1.29 is 14.6 Å². The Kier molecular flexibility index (Phi) is 6.54. The first-order chi connectivity index (χ1) is 13.3. The van der Waals surface area contributed by atoms with Crippen molar-refractivity contribution in [3.8, 4) is 0 Å². The van der Waals surface area contributed by atoms with Crippen molar-refractivity contribution in [2.45, 2.75) is 77.7 Å². The largest absolute Gasteiger partial charge is 0.466 e. The number of esters is 1. The average molecular weight is 387 g/mol. The summed E-state index contributed by atoms with van der Waals surface area (Å²) >= 11 is 0. The van der Waals surface area contributed by atoms with Crippen molar-refractivity contribution >= 4 is 5.97 Å². The molecule has 3 aliphatic carbocycles. The molecule has 0 saturated heterocycles. The molecule has 3 aliphatic rings. The van der Waals surface area contributed by atoms with Crippen LogP contribution in [0.25, 0.3) is 0 Å². The molecule has 0 heterocycles. The molecule has 0 aromatic rings. The fourth-order valence-corrected chi connectivity index (χ4v) is 6.22. The first-order valence-corrected chi connectivity index (χ1v) is 11.1. The van der Waals surface area contributed by atoms with E-state index in [0.717, 1.165) is 43.9 Å². The number of methoxy groups -OCH3 is 1. The maximum absolute atomic E-state index is 11.5. The molecule has 0 aliphatic heterocycles. The highest BCUT2D eigenvalue weighted by Gasteiger charge is 2.50. The fourth-order valence-electron chi connectivity index (χ4n) is 6.22. The normalized spacial score (nSPS) is 39.8. The molecule has 28 heavy (non-hydrogen) atoms. The molecule has 1 fully saturated rings. The highest BCUT2D eigenvalue weighted by molar-refractivity contribution is 5.81. The maximum Gasteiger partial charge on any atom is 0.330 e. The third-order valence-corrected chi connectivity index (χ3v) is 7.86. The molecule has 6 unspecified atom stereocenters. The van der Waals surface area contributed by atoms with Crippen LogP contribution in [0.2, 0.25) is 0 Å². The van der Waals surface area contributed by atoms with Crippen molar-refractivity contribution in [3.63, 3.8) is 0 Å². The lowest BCUT2D eigenvalue weighted by Gasteiger charge is -2.49. The average Bonchev–Trinajstić information content (AvgIpc) is 3.01. The van der Waals surface area contributed by atoms with Gasteiger partial charge in [-0.05, 0) is 74.5 Å². The van der Waals surface area contributed by atoms with Gasteiger partial charge in [-0.25, -0.2) is 4.79 Å². The number of ether oxygens (including phenoxy) is 1. The van der Waals surface area contributed by atoms with Gasteiger partial charge in [0.25, 0.3) is 0 Å². The zero-order chi connectivity index (χ0) is 20.4. The first-order valence-electron chi connectivity index (χ1n) is 11.1. The molecule has 156 valence electrons. The number of allylic oxidation sites excluding steroid dienone is 4. The minimum absolute atomic E-state index is 0.241. The lowest BCUT2D eigenvalue weighted by atomic mass is 9.55. The summed E-state index contributed by atoms with van der Waals surface area (Å²) in [5.74, 6) is 2.19. The summed E-state index contributed by atoms with van der Waals surface area (Å²) < 4.78 is 4.76. The second kappa shape index (κ2) is 8.57. The smallest absolute Gasteiger partial charge is 0.330 e. The molecule has 3 nitrogen and oxygen atoms in total. The Balaban J connectivity index is 1.76. The predicted octanol–water partition coefficient (Wildman–Crippen LogP) is 5.60. The van der Waals surface area contributed by atoms with E-state index < -0.39 is 5.60 Å². The number of hydrogen-bond donors (Lipinski definition) is 1. The Hall–Kier alpha value is -1.35. The van der Waals surface area contributed by atoms with Crippen LogP contribution >= 0.6 is 0 Å². The molecule has 0 amide bonds. The molecule has 1 N–H and O–H groups in total. The van der Waals surface area contributed by atoms with Crippen LogP contribution < -0.4 is 0 Å². The third-order valence-electron chi connectivity index (χ3n) is 7.86. The number of carbonyl (C=O) groups is 1. The number of aliphatic hydroxyl groups is 1. The summed E-state index contributed by atoms with van der Waals surface area (Å²) in [5.41, 5.74) is 1.21. The van der Waals surface area contributed by atoms with Crippen LogP contribution in [0.3, 0.4) is 0 Å². The zero-order valence-corrected chi connectivity index (χ0v) is 18.1. The van der Waals surface area contributed by atoms with Crippen LogP contribution in [0.1, 0.15) is 72.1 Å². The lowest BCUT2D eigenvalue weighted by molar-refractivity contribution is -0.134. The van der Waals surface area contributed by atoms with E-state index in [1.54, 1.807) is 6.08 Å². The minimum Gasteiger partial charge on any atom is -0.466 e. The highest BCUT2D eigenvalue weighted by Crippen LogP contribution is 2.59. The number of fused-ring (bicyclic) bond motifs is 3. The summed E-state index contributed by atoms with van der Waals surface area (Å²) in [6.45, 7) is 6.65. The van der Waals surface area contributed by atoms with E-state index >= 15 is 0 Å². The summed E-state index contributed by atoms with van der Waals surface area (Å²) in [7, 11) is 1.43. The van der Waals surface area contributed by atoms with Gasteiger partial charge in [0.15, 0.2) is 0 Å². The summed E-state index contributed by atoms with van der Waals surface area (Å²) in [6, 6.07) is 0. The van der Waals surface area contributed by atoms with Crippen LogP contribution in [-0.2, 0) is 9.53 Å². The molecule has 6 atom stereocenters. The SMILES string of the molecule is COC(=O)C=CC(C)C1=CCC2C3CC=CCC(C)(O)CCCC3CCC12C. The van der Waals surface area contributed by atoms with Gasteiger partial charge < -0.3 is 9.84 Å². The van der Waals surface area contributed by atoms with Gasteiger partial charge in [-0.15, -0.1) is 0 Å². The molecule has 3 rings (SSSR count). The molecule has 0 radical (unpaired) electrons. The Labute approximate surface area is 170 Å². The number of carbonyl (C=O) groups excluding carboxylic acids is 1. The van der Waals surface area contributed by atoms with Crippen molar-refractivity contribution in [2.24, 2.45) is 29.1 Å². The van der Waals surface area contributed by atoms with Crippen LogP contribution in [0, 0.1) is 29.1 Å². The van der Waals surface area contributed by atoms with Gasteiger partial charge in [-0.3, -0.25) is 0 Å². The second-order valence-electron chi connectivity index (χ2n) is 9.85. The maximum atomic E-state index is 11.5. The van der Waals surface area contributed by atoms with E-state index in [0.29, 0.717) is 5.92 Å². The van der Waals surface area contributed by atoms with Crippen molar-refractivity contribution in [2.75, 3.05) is 7.11 Å². The molecule has 0 bridgehead atoms. The minimum atomic E-state index is -0.546. The van der Waals surface area contributed by atoms with Crippen molar-refractivity contribution in [1.82, 2.24) is 0 Å². The van der Waals surface area contributed by atoms with Gasteiger partial charge in [0, 0.05) is 6.08 Å². The molecular formula is C25H38O3. The predicted molar refractivity (Wildman–Crippen MR) is 114 cm³/mol. The quantitative estimate of drug-likeness (QED) is 0.390. The fraction of sp³-hybridized carbons (Fsp3) is 0.720. The van der Waals surface area contributed by atoms with E-state index in [1.165, 1.54) is 31.9 Å². The highest BCUT2D eigenvalue weighted by atomic mass is 16.5. The number of hydrogen-bond acceptors (Lipinski definition) is 3. The van der Waals surface area contributed by atoms with Crippen LogP contribution in [0.4, 0.5) is 0 Å². The van der Waals surface area contributed by atoms with E-state index in [1.807, 2.05) is 13.0 Å². The lowest BCUT2D eigenvalue weighted by Crippen LogP contribution is -2.41. The second-order valence-corrected chi connectivity index (χ2v) is 9.85. The number of rotatable bonds is 3. The summed E-state index contributed by atoms with van der Waals surface area (Å²) in [4.78, 5) is 11.5.